The third-order valence-electron chi connectivity index (χ3n) is 2.16. The number of halogens is 1. The molecule has 0 aromatic heterocycles. The molecule has 0 spiro atoms. The van der Waals surface area contributed by atoms with Crippen LogP contribution in [0.5, 0.6) is 0 Å². The number of aryl methyl sites for hydroxylation is 1. The standard InChI is InChI=1S/C11H14BF/c1-2-3-4-6-9-7-5-8-10(12)11(9)13/h5,7-8H,2-4,6H2,1H3. The van der Waals surface area contributed by atoms with Crippen molar-refractivity contribution >= 4 is 13.3 Å². The van der Waals surface area contributed by atoms with Crippen molar-refractivity contribution in [3.05, 3.63) is 29.6 Å². The lowest BCUT2D eigenvalue weighted by Crippen LogP contribution is -2.10. The zero-order valence-corrected chi connectivity index (χ0v) is 8.02. The van der Waals surface area contributed by atoms with Crippen molar-refractivity contribution in [2.24, 2.45) is 0 Å². The molecule has 0 saturated carbocycles. The van der Waals surface area contributed by atoms with Gasteiger partial charge >= 0.3 is 0 Å². The lowest BCUT2D eigenvalue weighted by Gasteiger charge is -2.04. The summed E-state index contributed by atoms with van der Waals surface area (Å²) in [5.74, 6) is -0.237. The number of hydrogen-bond donors (Lipinski definition) is 0. The Labute approximate surface area is 80.6 Å². The van der Waals surface area contributed by atoms with Crippen LogP contribution in [0.15, 0.2) is 18.2 Å². The highest BCUT2D eigenvalue weighted by Crippen LogP contribution is 2.08. The fourth-order valence-electron chi connectivity index (χ4n) is 1.36. The molecule has 1 aromatic carbocycles. The Balaban J connectivity index is 2.61. The van der Waals surface area contributed by atoms with Crippen molar-refractivity contribution in [3.8, 4) is 0 Å². The lowest BCUT2D eigenvalue weighted by molar-refractivity contribution is 0.606. The molecule has 0 N–H and O–H groups in total. The zero-order chi connectivity index (χ0) is 9.68. The minimum Gasteiger partial charge on any atom is -0.207 e. The molecule has 1 rings (SSSR count). The second kappa shape index (κ2) is 5.06. The maximum absolute atomic E-state index is 13.3. The topological polar surface area (TPSA) is 0 Å². The van der Waals surface area contributed by atoms with E-state index >= 15 is 0 Å². The first kappa shape index (κ1) is 10.3. The summed E-state index contributed by atoms with van der Waals surface area (Å²) >= 11 is 0. The van der Waals surface area contributed by atoms with E-state index < -0.39 is 0 Å². The summed E-state index contributed by atoms with van der Waals surface area (Å²) in [4.78, 5) is 0. The molecule has 0 aliphatic rings. The second-order valence-corrected chi connectivity index (χ2v) is 3.28. The van der Waals surface area contributed by atoms with Gasteiger partial charge < -0.3 is 0 Å². The number of benzene rings is 1. The minimum atomic E-state index is -0.237. The van der Waals surface area contributed by atoms with E-state index in [9.17, 15) is 4.39 Å². The van der Waals surface area contributed by atoms with Gasteiger partial charge in [0.15, 0.2) is 0 Å². The highest BCUT2D eigenvalue weighted by molar-refractivity contribution is 6.32. The fourth-order valence-corrected chi connectivity index (χ4v) is 1.36. The van der Waals surface area contributed by atoms with E-state index in [1.54, 1.807) is 18.2 Å². The molecule has 2 radical (unpaired) electrons. The van der Waals surface area contributed by atoms with Gasteiger partial charge in [0.1, 0.15) is 13.7 Å². The van der Waals surface area contributed by atoms with E-state index in [0.717, 1.165) is 31.2 Å². The van der Waals surface area contributed by atoms with Gasteiger partial charge in [-0.25, -0.2) is 4.39 Å². The van der Waals surface area contributed by atoms with Gasteiger partial charge in [0, 0.05) is 0 Å². The highest BCUT2D eigenvalue weighted by Gasteiger charge is 2.02. The van der Waals surface area contributed by atoms with Crippen molar-refractivity contribution in [1.29, 1.82) is 0 Å². The predicted molar refractivity (Wildman–Crippen MR) is 55.0 cm³/mol. The van der Waals surface area contributed by atoms with Gasteiger partial charge in [0.25, 0.3) is 0 Å². The van der Waals surface area contributed by atoms with Crippen molar-refractivity contribution in [2.45, 2.75) is 32.6 Å². The molecule has 2 heteroatoms. The second-order valence-electron chi connectivity index (χ2n) is 3.28. The van der Waals surface area contributed by atoms with Crippen LogP contribution in [0.1, 0.15) is 31.7 Å². The van der Waals surface area contributed by atoms with Crippen LogP contribution in [0.4, 0.5) is 4.39 Å². The first-order valence-electron chi connectivity index (χ1n) is 4.78. The van der Waals surface area contributed by atoms with Gasteiger partial charge in [-0.05, 0) is 18.4 Å². The summed E-state index contributed by atoms with van der Waals surface area (Å²) in [6.07, 6.45) is 4.14. The van der Waals surface area contributed by atoms with Crippen LogP contribution in [0.2, 0.25) is 0 Å². The van der Waals surface area contributed by atoms with Crippen molar-refractivity contribution in [3.63, 3.8) is 0 Å². The minimum absolute atomic E-state index is 0.237. The van der Waals surface area contributed by atoms with Crippen LogP contribution in [0, 0.1) is 5.82 Å². The quantitative estimate of drug-likeness (QED) is 0.487. The fraction of sp³-hybridized carbons (Fsp3) is 0.455. The summed E-state index contributed by atoms with van der Waals surface area (Å²) in [5.41, 5.74) is 1.00. The van der Waals surface area contributed by atoms with Crippen molar-refractivity contribution < 1.29 is 4.39 Å². The van der Waals surface area contributed by atoms with Crippen molar-refractivity contribution in [1.82, 2.24) is 0 Å². The largest absolute Gasteiger partial charge is 0.207 e. The molecule has 68 valence electrons. The molecular weight excluding hydrogens is 162 g/mol. The van der Waals surface area contributed by atoms with Crippen LogP contribution < -0.4 is 5.46 Å². The predicted octanol–water partition coefficient (Wildman–Crippen LogP) is 2.35. The molecule has 0 amide bonds. The van der Waals surface area contributed by atoms with E-state index in [2.05, 4.69) is 6.92 Å². The van der Waals surface area contributed by atoms with Gasteiger partial charge in [0.05, 0.1) is 0 Å². The third kappa shape index (κ3) is 2.87. The average Bonchev–Trinajstić information content (AvgIpc) is 2.13. The van der Waals surface area contributed by atoms with Gasteiger partial charge in [-0.2, -0.15) is 0 Å². The molecule has 0 unspecified atom stereocenters. The molecular formula is C11H14BF. The Hall–Kier alpha value is -0.785. The molecule has 0 aliphatic heterocycles. The van der Waals surface area contributed by atoms with E-state index in [1.165, 1.54) is 0 Å². The van der Waals surface area contributed by atoms with E-state index in [0.29, 0.717) is 0 Å². The Bertz CT molecular complexity index is 271. The summed E-state index contributed by atoms with van der Waals surface area (Å²) < 4.78 is 13.3. The van der Waals surface area contributed by atoms with Crippen LogP contribution >= 0.6 is 0 Å². The molecule has 0 bridgehead atoms. The lowest BCUT2D eigenvalue weighted by atomic mass is 9.92. The normalized spacial score (nSPS) is 10.3. The van der Waals surface area contributed by atoms with Gasteiger partial charge in [-0.1, -0.05) is 43.4 Å². The number of unbranched alkanes of at least 4 members (excludes halogenated alkanes) is 2. The van der Waals surface area contributed by atoms with Crippen LogP contribution in [0.3, 0.4) is 0 Å². The van der Waals surface area contributed by atoms with E-state index in [4.69, 9.17) is 7.85 Å². The SMILES string of the molecule is [B]c1cccc(CCCCC)c1F. The monoisotopic (exact) mass is 176 g/mol. The average molecular weight is 176 g/mol. The van der Waals surface area contributed by atoms with E-state index in [1.807, 2.05) is 0 Å². The number of rotatable bonds is 4. The van der Waals surface area contributed by atoms with Gasteiger partial charge in [-0.15, -0.1) is 0 Å². The molecule has 1 aromatic rings. The maximum atomic E-state index is 13.3. The summed E-state index contributed by atoms with van der Waals surface area (Å²) in [7, 11) is 5.45. The van der Waals surface area contributed by atoms with Crippen LogP contribution in [0.25, 0.3) is 0 Å². The maximum Gasteiger partial charge on any atom is 0.119 e. The molecule has 0 fully saturated rings. The molecule has 0 heterocycles. The van der Waals surface area contributed by atoms with Crippen molar-refractivity contribution in [2.75, 3.05) is 0 Å². The Kier molecular flexibility index (Phi) is 4.00. The third-order valence-corrected chi connectivity index (χ3v) is 2.16. The Morgan fingerprint density at radius 1 is 1.31 bits per heavy atom. The summed E-state index contributed by atoms with van der Waals surface area (Å²) in [6, 6.07) is 5.21. The highest BCUT2D eigenvalue weighted by atomic mass is 19.1. The summed E-state index contributed by atoms with van der Waals surface area (Å²) in [5, 5.41) is 0. The number of hydrogen-bond acceptors (Lipinski definition) is 0. The smallest absolute Gasteiger partial charge is 0.119 e. The molecule has 13 heavy (non-hydrogen) atoms. The van der Waals surface area contributed by atoms with Gasteiger partial charge in [-0.3, -0.25) is 0 Å². The van der Waals surface area contributed by atoms with Crippen LogP contribution in [-0.4, -0.2) is 7.85 Å². The Morgan fingerprint density at radius 2 is 2.08 bits per heavy atom. The molecule has 0 aliphatic carbocycles. The Morgan fingerprint density at radius 3 is 2.77 bits per heavy atom. The summed E-state index contributed by atoms with van der Waals surface area (Å²) in [6.45, 7) is 2.13. The zero-order valence-electron chi connectivity index (χ0n) is 8.02. The molecule has 0 nitrogen and oxygen atoms in total. The van der Waals surface area contributed by atoms with Crippen LogP contribution in [-0.2, 0) is 6.42 Å². The van der Waals surface area contributed by atoms with Gasteiger partial charge in [0.2, 0.25) is 0 Å². The molecule has 0 atom stereocenters. The molecule has 0 saturated heterocycles. The first-order chi connectivity index (χ1) is 6.25. The van der Waals surface area contributed by atoms with E-state index in [-0.39, 0.29) is 11.3 Å². The first-order valence-corrected chi connectivity index (χ1v) is 4.78.